The molecule has 0 aromatic carbocycles. The monoisotopic (exact) mass is 394 g/mol. The van der Waals surface area contributed by atoms with E-state index in [1.807, 2.05) is 17.5 Å². The second kappa shape index (κ2) is 9.42. The third-order valence-corrected chi connectivity index (χ3v) is 7.01. The fourth-order valence-electron chi connectivity index (χ4n) is 4.38. The van der Waals surface area contributed by atoms with Gasteiger partial charge in [0.15, 0.2) is 0 Å². The molecule has 1 aliphatic heterocycles. The maximum Gasteiger partial charge on any atom is 0.261 e. The number of carbonyl (C=O) groups is 1. The summed E-state index contributed by atoms with van der Waals surface area (Å²) in [4.78, 5) is 15.5. The molecule has 148 valence electrons. The number of thiophene rings is 1. The van der Waals surface area contributed by atoms with E-state index in [0.29, 0.717) is 6.04 Å². The van der Waals surface area contributed by atoms with Gasteiger partial charge in [0, 0.05) is 19.1 Å². The molecule has 1 fully saturated rings. The minimum atomic E-state index is 0.100. The Hall–Kier alpha value is -2.07. The summed E-state index contributed by atoms with van der Waals surface area (Å²) in [7, 11) is 0. The lowest BCUT2D eigenvalue weighted by molar-refractivity contribution is 0.0924. The zero-order chi connectivity index (χ0) is 19.2. The highest BCUT2D eigenvalue weighted by molar-refractivity contribution is 7.12. The summed E-state index contributed by atoms with van der Waals surface area (Å²) >= 11 is 1.52. The van der Waals surface area contributed by atoms with Crippen LogP contribution in [0.3, 0.4) is 0 Å². The van der Waals surface area contributed by atoms with Crippen molar-refractivity contribution in [1.82, 2.24) is 10.2 Å². The maximum atomic E-state index is 12.2. The average molecular weight is 395 g/mol. The average Bonchev–Trinajstić information content (AvgIpc) is 3.29. The van der Waals surface area contributed by atoms with Crippen LogP contribution in [0.2, 0.25) is 0 Å². The van der Waals surface area contributed by atoms with Crippen LogP contribution < -0.4 is 5.32 Å². The number of carbonyl (C=O) groups excluding carboxylic acids is 1. The van der Waals surface area contributed by atoms with Crippen molar-refractivity contribution < 1.29 is 4.79 Å². The first-order valence-electron chi connectivity index (χ1n) is 10.6. The van der Waals surface area contributed by atoms with Crippen molar-refractivity contribution in [3.05, 3.63) is 70.1 Å². The zero-order valence-corrected chi connectivity index (χ0v) is 17.3. The Balaban J connectivity index is 1.15. The molecule has 1 N–H and O–H groups in total. The number of nitrogens with one attached hydrogen (secondary N) is 1. The van der Waals surface area contributed by atoms with Gasteiger partial charge in [0.25, 0.3) is 5.91 Å². The van der Waals surface area contributed by atoms with Crippen molar-refractivity contribution in [2.24, 2.45) is 5.92 Å². The van der Waals surface area contributed by atoms with Crippen LogP contribution in [0.5, 0.6) is 0 Å². The fraction of sp³-hybridized carbons (Fsp3) is 0.458. The van der Waals surface area contributed by atoms with Gasteiger partial charge in [-0.15, -0.1) is 11.3 Å². The number of hydrogen-bond acceptors (Lipinski definition) is 3. The van der Waals surface area contributed by atoms with Gasteiger partial charge in [-0.25, -0.2) is 0 Å². The van der Waals surface area contributed by atoms with E-state index < -0.39 is 0 Å². The van der Waals surface area contributed by atoms with Crippen LogP contribution in [-0.4, -0.2) is 29.9 Å². The molecule has 28 heavy (non-hydrogen) atoms. The molecule has 0 atom stereocenters. The Morgan fingerprint density at radius 2 is 2.07 bits per heavy atom. The lowest BCUT2D eigenvalue weighted by atomic mass is 9.84. The molecule has 0 unspecified atom stereocenters. The lowest BCUT2D eigenvalue weighted by Gasteiger charge is -2.31. The number of rotatable bonds is 6. The molecule has 1 aromatic rings. The summed E-state index contributed by atoms with van der Waals surface area (Å²) in [6.07, 6.45) is 21.9. The normalized spacial score (nSPS) is 24.6. The summed E-state index contributed by atoms with van der Waals surface area (Å²) in [6.45, 7) is 2.16. The molecule has 0 spiro atoms. The highest BCUT2D eigenvalue weighted by Crippen LogP contribution is 2.28. The molecule has 1 amide bonds. The molecule has 3 nitrogen and oxygen atoms in total. The highest BCUT2D eigenvalue weighted by atomic mass is 32.1. The van der Waals surface area contributed by atoms with Gasteiger partial charge < -0.3 is 10.2 Å². The van der Waals surface area contributed by atoms with Gasteiger partial charge in [0.1, 0.15) is 0 Å². The number of nitrogens with zero attached hydrogens (tertiary/aromatic N) is 1. The summed E-state index contributed by atoms with van der Waals surface area (Å²) < 4.78 is 0. The van der Waals surface area contributed by atoms with Crippen LogP contribution in [-0.2, 0) is 0 Å². The highest BCUT2D eigenvalue weighted by Gasteiger charge is 2.23. The SMILES string of the molecule is O=C(NC1CCC(CCN2C=CC(C3=CCC=CC3)=CC2)CC1)c1cccs1. The zero-order valence-electron chi connectivity index (χ0n) is 16.5. The van der Waals surface area contributed by atoms with Crippen LogP contribution in [0.15, 0.2) is 65.2 Å². The van der Waals surface area contributed by atoms with Crippen LogP contribution in [0.25, 0.3) is 0 Å². The first-order valence-corrected chi connectivity index (χ1v) is 11.5. The number of amides is 1. The van der Waals surface area contributed by atoms with Crippen LogP contribution in [0.4, 0.5) is 0 Å². The van der Waals surface area contributed by atoms with Gasteiger partial charge in [-0.2, -0.15) is 0 Å². The van der Waals surface area contributed by atoms with Gasteiger partial charge in [0.2, 0.25) is 0 Å². The summed E-state index contributed by atoms with van der Waals surface area (Å²) in [6, 6.07) is 4.19. The van der Waals surface area contributed by atoms with Crippen LogP contribution in [0.1, 0.15) is 54.6 Å². The number of allylic oxidation sites excluding steroid dienone is 6. The molecule has 2 aliphatic carbocycles. The Labute approximate surface area is 172 Å². The second-order valence-corrected chi connectivity index (χ2v) is 9.02. The molecular formula is C24H30N2OS. The van der Waals surface area contributed by atoms with E-state index in [2.05, 4.69) is 46.8 Å². The largest absolute Gasteiger partial charge is 0.374 e. The summed E-state index contributed by atoms with van der Waals surface area (Å²) in [5.41, 5.74) is 2.88. The fourth-order valence-corrected chi connectivity index (χ4v) is 5.01. The van der Waals surface area contributed by atoms with E-state index >= 15 is 0 Å². The molecule has 0 bridgehead atoms. The van der Waals surface area contributed by atoms with Crippen molar-refractivity contribution in [2.75, 3.05) is 13.1 Å². The summed E-state index contributed by atoms with van der Waals surface area (Å²) in [5, 5.41) is 5.18. The smallest absolute Gasteiger partial charge is 0.261 e. The minimum absolute atomic E-state index is 0.100. The topological polar surface area (TPSA) is 32.3 Å². The molecular weight excluding hydrogens is 364 g/mol. The first-order chi connectivity index (χ1) is 13.8. The van der Waals surface area contributed by atoms with E-state index in [4.69, 9.17) is 0 Å². The molecule has 2 heterocycles. The molecule has 4 rings (SSSR count). The van der Waals surface area contributed by atoms with Crippen LogP contribution in [0, 0.1) is 5.92 Å². The van der Waals surface area contributed by atoms with E-state index in [9.17, 15) is 4.79 Å². The maximum absolute atomic E-state index is 12.2. The molecule has 0 radical (unpaired) electrons. The van der Waals surface area contributed by atoms with Gasteiger partial charge in [-0.05, 0) is 85.7 Å². The molecule has 4 heteroatoms. The van der Waals surface area contributed by atoms with Crippen molar-refractivity contribution in [3.8, 4) is 0 Å². The van der Waals surface area contributed by atoms with E-state index in [1.165, 1.54) is 41.7 Å². The van der Waals surface area contributed by atoms with Gasteiger partial charge in [-0.3, -0.25) is 4.79 Å². The van der Waals surface area contributed by atoms with Crippen molar-refractivity contribution in [2.45, 2.75) is 51.0 Å². The van der Waals surface area contributed by atoms with Crippen molar-refractivity contribution >= 4 is 17.2 Å². The molecule has 3 aliphatic rings. The van der Waals surface area contributed by atoms with E-state index in [-0.39, 0.29) is 5.91 Å². The standard InChI is InChI=1S/C24H30N2OS/c27-24(23-7-4-18-28-23)25-22-10-8-19(9-11-22)12-15-26-16-13-21(14-17-26)20-5-2-1-3-6-20/h1-2,4,6-7,13-14,16,18-19,22H,3,5,8-12,15,17H2,(H,25,27). The second-order valence-electron chi connectivity index (χ2n) is 8.07. The van der Waals surface area contributed by atoms with E-state index in [0.717, 1.165) is 49.6 Å². The Kier molecular flexibility index (Phi) is 6.48. The summed E-state index contributed by atoms with van der Waals surface area (Å²) in [5.74, 6) is 0.892. The minimum Gasteiger partial charge on any atom is -0.374 e. The third kappa shape index (κ3) is 5.05. The molecule has 1 saturated carbocycles. The van der Waals surface area contributed by atoms with E-state index in [1.54, 1.807) is 0 Å². The number of hydrogen-bond donors (Lipinski definition) is 1. The van der Waals surface area contributed by atoms with Gasteiger partial charge >= 0.3 is 0 Å². The quantitative estimate of drug-likeness (QED) is 0.650. The lowest BCUT2D eigenvalue weighted by Crippen LogP contribution is -2.37. The molecule has 1 aromatic heterocycles. The molecule has 0 saturated heterocycles. The van der Waals surface area contributed by atoms with Gasteiger partial charge in [-0.1, -0.05) is 30.4 Å². The third-order valence-electron chi connectivity index (χ3n) is 6.14. The Morgan fingerprint density at radius 3 is 2.75 bits per heavy atom. The van der Waals surface area contributed by atoms with Gasteiger partial charge in [0.05, 0.1) is 4.88 Å². The Morgan fingerprint density at radius 1 is 1.18 bits per heavy atom. The Bertz CT molecular complexity index is 780. The van der Waals surface area contributed by atoms with Crippen molar-refractivity contribution in [3.63, 3.8) is 0 Å². The predicted molar refractivity (Wildman–Crippen MR) is 117 cm³/mol. The van der Waals surface area contributed by atoms with Crippen molar-refractivity contribution in [1.29, 1.82) is 0 Å². The predicted octanol–water partition coefficient (Wildman–Crippen LogP) is 5.46. The first kappa shape index (κ1) is 19.3. The van der Waals surface area contributed by atoms with Crippen LogP contribution >= 0.6 is 11.3 Å².